The minimum absolute atomic E-state index is 0.00506. The Morgan fingerprint density at radius 3 is 2.38 bits per heavy atom. The zero-order valence-electron chi connectivity index (χ0n) is 22.3. The van der Waals surface area contributed by atoms with E-state index >= 15 is 0 Å². The molecule has 0 aliphatic rings. The molecule has 0 aromatic heterocycles. The summed E-state index contributed by atoms with van der Waals surface area (Å²) in [5.74, 6) is -2.14. The summed E-state index contributed by atoms with van der Waals surface area (Å²) in [5.41, 5.74) is 1.55. The lowest BCUT2D eigenvalue weighted by atomic mass is 10.1. The van der Waals surface area contributed by atoms with Crippen molar-refractivity contribution in [2.45, 2.75) is 11.8 Å². The summed E-state index contributed by atoms with van der Waals surface area (Å²) in [5, 5.41) is 19.0. The van der Waals surface area contributed by atoms with Crippen molar-refractivity contribution >= 4 is 52.6 Å². The van der Waals surface area contributed by atoms with Gasteiger partial charge in [-0.2, -0.15) is 0 Å². The molecular formula is C31H25FN4O5S. The Bertz CT molecular complexity index is 1680. The van der Waals surface area contributed by atoms with E-state index in [4.69, 9.17) is 0 Å². The van der Waals surface area contributed by atoms with E-state index in [0.717, 1.165) is 0 Å². The molecule has 0 bridgehead atoms. The number of nitro benzene ring substituents is 1. The van der Waals surface area contributed by atoms with Gasteiger partial charge in [-0.15, -0.1) is 11.8 Å². The third-order valence-corrected chi connectivity index (χ3v) is 6.90. The van der Waals surface area contributed by atoms with Gasteiger partial charge in [0.2, 0.25) is 5.91 Å². The van der Waals surface area contributed by atoms with Crippen LogP contribution in [0.2, 0.25) is 0 Å². The standard InChI is InChI=1S/C31H25FN4O5S/c1-20-14-15-24(36(40)41)18-27(20)34-29(37)19-42-25-12-7-11-23(17-25)33-31(39)28(16-22-10-5-6-13-26(22)32)35-30(38)21-8-3-2-4-9-21/h2-18H,19H2,1H3,(H,33,39)(H,34,37)(H,35,38)/b28-16-. The van der Waals surface area contributed by atoms with Crippen LogP contribution in [0.25, 0.3) is 6.08 Å². The number of aryl methyl sites for hydroxylation is 1. The van der Waals surface area contributed by atoms with E-state index in [-0.39, 0.29) is 28.6 Å². The topological polar surface area (TPSA) is 130 Å². The molecule has 11 heteroatoms. The predicted molar refractivity (Wildman–Crippen MR) is 161 cm³/mol. The number of non-ortho nitro benzene ring substituents is 1. The Kier molecular flexibility index (Phi) is 9.80. The number of thioether (sulfide) groups is 1. The first-order chi connectivity index (χ1) is 20.2. The number of nitrogens with one attached hydrogen (secondary N) is 3. The molecule has 3 N–H and O–H groups in total. The van der Waals surface area contributed by atoms with Gasteiger partial charge in [0.15, 0.2) is 0 Å². The molecule has 0 aliphatic carbocycles. The smallest absolute Gasteiger partial charge is 0.272 e. The summed E-state index contributed by atoms with van der Waals surface area (Å²) in [6, 6.07) is 25.1. The normalized spacial score (nSPS) is 11.0. The number of hydrogen-bond acceptors (Lipinski definition) is 6. The van der Waals surface area contributed by atoms with E-state index < -0.39 is 22.6 Å². The average molecular weight is 585 g/mol. The third kappa shape index (κ3) is 8.12. The summed E-state index contributed by atoms with van der Waals surface area (Å²) in [6.45, 7) is 1.73. The highest BCUT2D eigenvalue weighted by Crippen LogP contribution is 2.25. The summed E-state index contributed by atoms with van der Waals surface area (Å²) in [7, 11) is 0. The van der Waals surface area contributed by atoms with Crippen molar-refractivity contribution in [1.29, 1.82) is 0 Å². The van der Waals surface area contributed by atoms with Crippen molar-refractivity contribution in [3.8, 4) is 0 Å². The number of rotatable bonds is 10. The number of hydrogen-bond donors (Lipinski definition) is 3. The Morgan fingerprint density at radius 1 is 0.905 bits per heavy atom. The van der Waals surface area contributed by atoms with Crippen molar-refractivity contribution in [2.75, 3.05) is 16.4 Å². The van der Waals surface area contributed by atoms with Crippen LogP contribution < -0.4 is 16.0 Å². The molecule has 0 saturated carbocycles. The van der Waals surface area contributed by atoms with Gasteiger partial charge < -0.3 is 16.0 Å². The van der Waals surface area contributed by atoms with Gasteiger partial charge in [-0.25, -0.2) is 4.39 Å². The number of nitro groups is 1. The molecule has 4 aromatic rings. The van der Waals surface area contributed by atoms with Crippen LogP contribution in [-0.2, 0) is 9.59 Å². The molecule has 212 valence electrons. The van der Waals surface area contributed by atoms with E-state index in [9.17, 15) is 28.9 Å². The monoisotopic (exact) mass is 584 g/mol. The predicted octanol–water partition coefficient (Wildman–Crippen LogP) is 6.18. The van der Waals surface area contributed by atoms with Crippen LogP contribution in [0.5, 0.6) is 0 Å². The molecule has 0 atom stereocenters. The maximum atomic E-state index is 14.4. The van der Waals surface area contributed by atoms with E-state index in [1.165, 1.54) is 48.2 Å². The number of halogens is 1. The third-order valence-electron chi connectivity index (χ3n) is 5.90. The highest BCUT2D eigenvalue weighted by molar-refractivity contribution is 8.00. The molecule has 0 unspecified atom stereocenters. The van der Waals surface area contributed by atoms with Gasteiger partial charge in [0.05, 0.1) is 16.4 Å². The minimum atomic E-state index is -0.677. The lowest BCUT2D eigenvalue weighted by Gasteiger charge is -2.12. The van der Waals surface area contributed by atoms with Crippen LogP contribution in [-0.4, -0.2) is 28.4 Å². The van der Waals surface area contributed by atoms with E-state index in [1.807, 2.05) is 0 Å². The van der Waals surface area contributed by atoms with Gasteiger partial charge in [-0.05, 0) is 55.0 Å². The van der Waals surface area contributed by atoms with Crippen molar-refractivity contribution in [1.82, 2.24) is 5.32 Å². The SMILES string of the molecule is Cc1ccc([N+](=O)[O-])cc1NC(=O)CSc1cccc(NC(=O)/C(=C/c2ccccc2F)NC(=O)c2ccccc2)c1. The number of carbonyl (C=O) groups excluding carboxylic acids is 3. The number of nitrogens with zero attached hydrogens (tertiary/aromatic N) is 1. The van der Waals surface area contributed by atoms with Gasteiger partial charge in [0, 0.05) is 33.8 Å². The lowest BCUT2D eigenvalue weighted by Crippen LogP contribution is -2.30. The molecule has 0 heterocycles. The Hall–Kier alpha value is -5.29. The van der Waals surface area contributed by atoms with Gasteiger partial charge in [-0.3, -0.25) is 24.5 Å². The second-order valence-electron chi connectivity index (χ2n) is 8.97. The molecule has 42 heavy (non-hydrogen) atoms. The quantitative estimate of drug-likeness (QED) is 0.0883. The fourth-order valence-corrected chi connectivity index (χ4v) is 4.50. The van der Waals surface area contributed by atoms with E-state index in [2.05, 4.69) is 16.0 Å². The van der Waals surface area contributed by atoms with Crippen LogP contribution in [0.3, 0.4) is 0 Å². The molecule has 9 nitrogen and oxygen atoms in total. The fourth-order valence-electron chi connectivity index (χ4n) is 3.75. The summed E-state index contributed by atoms with van der Waals surface area (Å²) in [4.78, 5) is 49.8. The van der Waals surface area contributed by atoms with Gasteiger partial charge in [-0.1, -0.05) is 48.5 Å². The number of anilines is 2. The maximum Gasteiger partial charge on any atom is 0.272 e. The van der Waals surface area contributed by atoms with Gasteiger partial charge in [0.25, 0.3) is 17.5 Å². The molecular weight excluding hydrogens is 559 g/mol. The number of amides is 3. The van der Waals surface area contributed by atoms with Gasteiger partial charge in [0.1, 0.15) is 11.5 Å². The Morgan fingerprint density at radius 2 is 1.64 bits per heavy atom. The van der Waals surface area contributed by atoms with Crippen LogP contribution >= 0.6 is 11.8 Å². The fraction of sp³-hybridized carbons (Fsp3) is 0.0645. The molecule has 0 aliphatic heterocycles. The van der Waals surface area contributed by atoms with Crippen molar-refractivity contribution in [3.05, 3.63) is 135 Å². The highest BCUT2D eigenvalue weighted by Gasteiger charge is 2.17. The zero-order chi connectivity index (χ0) is 30.1. The minimum Gasteiger partial charge on any atom is -0.325 e. The summed E-state index contributed by atoms with van der Waals surface area (Å²) < 4.78 is 14.4. The number of carbonyl (C=O) groups is 3. The average Bonchev–Trinajstić information content (AvgIpc) is 2.98. The molecule has 0 fully saturated rings. The van der Waals surface area contributed by atoms with Crippen LogP contribution in [0.15, 0.2) is 108 Å². The van der Waals surface area contributed by atoms with Crippen LogP contribution in [0.1, 0.15) is 21.5 Å². The van der Waals surface area contributed by atoms with Gasteiger partial charge >= 0.3 is 0 Å². The van der Waals surface area contributed by atoms with Crippen LogP contribution in [0.4, 0.5) is 21.5 Å². The molecule has 0 saturated heterocycles. The first-order valence-corrected chi connectivity index (χ1v) is 13.6. The summed E-state index contributed by atoms with van der Waals surface area (Å²) in [6.07, 6.45) is 1.25. The lowest BCUT2D eigenvalue weighted by molar-refractivity contribution is -0.384. The molecule has 4 rings (SSSR count). The van der Waals surface area contributed by atoms with Crippen molar-refractivity contribution < 1.29 is 23.7 Å². The summed E-state index contributed by atoms with van der Waals surface area (Å²) >= 11 is 1.20. The second-order valence-corrected chi connectivity index (χ2v) is 10.0. The van der Waals surface area contributed by atoms with E-state index in [1.54, 1.807) is 73.7 Å². The number of benzene rings is 4. The Labute approximate surface area is 245 Å². The van der Waals surface area contributed by atoms with Crippen molar-refractivity contribution in [2.24, 2.45) is 0 Å². The molecule has 4 aromatic carbocycles. The second kappa shape index (κ2) is 13.9. The molecule has 0 radical (unpaired) electrons. The highest BCUT2D eigenvalue weighted by atomic mass is 32.2. The molecule has 3 amide bonds. The first kappa shape index (κ1) is 29.7. The molecule has 0 spiro atoms. The Balaban J connectivity index is 1.45. The zero-order valence-corrected chi connectivity index (χ0v) is 23.1. The largest absolute Gasteiger partial charge is 0.325 e. The first-order valence-electron chi connectivity index (χ1n) is 12.6. The maximum absolute atomic E-state index is 14.4. The van der Waals surface area contributed by atoms with E-state index in [0.29, 0.717) is 27.4 Å². The van der Waals surface area contributed by atoms with Crippen LogP contribution in [0, 0.1) is 22.9 Å². The van der Waals surface area contributed by atoms with Crippen molar-refractivity contribution in [3.63, 3.8) is 0 Å².